The molecule has 0 aromatic carbocycles. The summed E-state index contributed by atoms with van der Waals surface area (Å²) in [5.74, 6) is 1.33. The minimum atomic E-state index is 0.207. The molecule has 0 spiro atoms. The highest BCUT2D eigenvalue weighted by Crippen LogP contribution is 2.34. The molecule has 0 aliphatic heterocycles. The fourth-order valence-electron chi connectivity index (χ4n) is 2.57. The first kappa shape index (κ1) is 17.0. The third-order valence-corrected chi connectivity index (χ3v) is 4.39. The molecule has 4 heteroatoms. The minimum Gasteiger partial charge on any atom is -0.515 e. The molecular formula is C16H23ClO3. The highest BCUT2D eigenvalue weighted by Gasteiger charge is 2.21. The third-order valence-electron chi connectivity index (χ3n) is 3.92. The van der Waals surface area contributed by atoms with E-state index in [9.17, 15) is 9.59 Å². The first-order chi connectivity index (χ1) is 9.49. The van der Waals surface area contributed by atoms with Crippen molar-refractivity contribution in [3.63, 3.8) is 0 Å². The van der Waals surface area contributed by atoms with E-state index in [-0.39, 0.29) is 5.92 Å². The fraction of sp³-hybridized carbons (Fsp3) is 0.625. The van der Waals surface area contributed by atoms with Gasteiger partial charge in [-0.3, -0.25) is 9.59 Å². The average molecular weight is 299 g/mol. The second-order valence-corrected chi connectivity index (χ2v) is 6.10. The largest absolute Gasteiger partial charge is 0.515 e. The van der Waals surface area contributed by atoms with E-state index >= 15 is 0 Å². The van der Waals surface area contributed by atoms with Crippen LogP contribution >= 0.6 is 11.6 Å². The van der Waals surface area contributed by atoms with Crippen LogP contribution in [0, 0.1) is 11.8 Å². The highest BCUT2D eigenvalue weighted by atomic mass is 35.5. The van der Waals surface area contributed by atoms with Crippen LogP contribution in [0.3, 0.4) is 0 Å². The molecular weight excluding hydrogens is 276 g/mol. The van der Waals surface area contributed by atoms with Gasteiger partial charge in [0.05, 0.1) is 11.3 Å². The fourth-order valence-corrected chi connectivity index (χ4v) is 2.94. The summed E-state index contributed by atoms with van der Waals surface area (Å²) < 4.78 is 0. The number of aliphatic hydroxyl groups excluding tert-OH is 1. The van der Waals surface area contributed by atoms with Crippen LogP contribution in [-0.4, -0.2) is 17.2 Å². The highest BCUT2D eigenvalue weighted by molar-refractivity contribution is 6.33. The molecule has 0 heterocycles. The standard InChI is InChI=1S/C9H11ClO2.C7H12O/c1-6-2-3-7(4-11)9(10)8(6)5-12;1-6-3-2-4-7(8)5-6/h4-6,11H,2-3H2,1H3;6H,2-5H2,1H3/b7-4+;. The Bertz CT molecular complexity index is 423. The third kappa shape index (κ3) is 4.78. The van der Waals surface area contributed by atoms with Gasteiger partial charge in [-0.05, 0) is 37.5 Å². The van der Waals surface area contributed by atoms with E-state index in [4.69, 9.17) is 16.7 Å². The van der Waals surface area contributed by atoms with Gasteiger partial charge in [-0.1, -0.05) is 25.4 Å². The molecule has 2 unspecified atom stereocenters. The van der Waals surface area contributed by atoms with Crippen molar-refractivity contribution in [2.75, 3.05) is 0 Å². The van der Waals surface area contributed by atoms with Crippen molar-refractivity contribution in [3.8, 4) is 0 Å². The van der Waals surface area contributed by atoms with E-state index in [1.165, 1.54) is 6.42 Å². The summed E-state index contributed by atoms with van der Waals surface area (Å²) in [7, 11) is 0. The SMILES string of the molecule is CC1CC/C(=C\O)C(Cl)=C1C=O.CC1CCCC(=O)C1. The number of halogens is 1. The minimum absolute atomic E-state index is 0.207. The van der Waals surface area contributed by atoms with Crippen LogP contribution in [-0.2, 0) is 9.59 Å². The molecule has 1 fully saturated rings. The molecule has 1 N–H and O–H groups in total. The Labute approximate surface area is 125 Å². The lowest BCUT2D eigenvalue weighted by molar-refractivity contribution is -0.121. The van der Waals surface area contributed by atoms with E-state index in [2.05, 4.69) is 6.92 Å². The number of rotatable bonds is 1. The van der Waals surface area contributed by atoms with Gasteiger partial charge in [0.15, 0.2) is 0 Å². The molecule has 0 radical (unpaired) electrons. The molecule has 0 aromatic heterocycles. The van der Waals surface area contributed by atoms with Gasteiger partial charge in [0, 0.05) is 24.0 Å². The molecule has 2 atom stereocenters. The molecule has 1 saturated carbocycles. The first-order valence-electron chi connectivity index (χ1n) is 7.19. The zero-order valence-electron chi connectivity index (χ0n) is 12.2. The van der Waals surface area contributed by atoms with Gasteiger partial charge < -0.3 is 5.11 Å². The van der Waals surface area contributed by atoms with Gasteiger partial charge in [0.1, 0.15) is 12.1 Å². The Balaban J connectivity index is 0.000000217. The van der Waals surface area contributed by atoms with Crippen LogP contribution in [0.4, 0.5) is 0 Å². The number of carbonyl (C=O) groups is 2. The van der Waals surface area contributed by atoms with Crippen molar-refractivity contribution in [1.82, 2.24) is 0 Å². The van der Waals surface area contributed by atoms with Crippen molar-refractivity contribution >= 4 is 23.7 Å². The average Bonchev–Trinajstić information content (AvgIpc) is 2.40. The number of carbonyl (C=O) groups excluding carboxylic acids is 2. The normalized spacial score (nSPS) is 28.9. The topological polar surface area (TPSA) is 54.4 Å². The van der Waals surface area contributed by atoms with Gasteiger partial charge in [-0.2, -0.15) is 0 Å². The van der Waals surface area contributed by atoms with Crippen LogP contribution in [0.2, 0.25) is 0 Å². The number of Topliss-reactive ketones (excluding diaryl/α,β-unsaturated/α-hetero) is 1. The van der Waals surface area contributed by atoms with Crippen LogP contribution in [0.25, 0.3) is 0 Å². The maximum atomic E-state index is 10.7. The van der Waals surface area contributed by atoms with Gasteiger partial charge in [-0.15, -0.1) is 0 Å². The zero-order valence-corrected chi connectivity index (χ0v) is 12.9. The Morgan fingerprint density at radius 1 is 1.25 bits per heavy atom. The molecule has 0 saturated heterocycles. The van der Waals surface area contributed by atoms with E-state index in [0.717, 1.165) is 44.7 Å². The molecule has 0 aromatic rings. The lowest BCUT2D eigenvalue weighted by Crippen LogP contribution is -2.11. The van der Waals surface area contributed by atoms with Gasteiger partial charge in [0.2, 0.25) is 0 Å². The molecule has 2 aliphatic carbocycles. The Hall–Kier alpha value is -1.09. The van der Waals surface area contributed by atoms with Gasteiger partial charge in [0.25, 0.3) is 0 Å². The number of hydrogen-bond acceptors (Lipinski definition) is 3. The second-order valence-electron chi connectivity index (χ2n) is 5.72. The molecule has 2 aliphatic rings. The first-order valence-corrected chi connectivity index (χ1v) is 7.57. The molecule has 0 bridgehead atoms. The number of ketones is 1. The zero-order chi connectivity index (χ0) is 15.1. The van der Waals surface area contributed by atoms with Crippen LogP contribution in [0.1, 0.15) is 52.4 Å². The van der Waals surface area contributed by atoms with Crippen LogP contribution < -0.4 is 0 Å². The maximum Gasteiger partial charge on any atom is 0.147 e. The van der Waals surface area contributed by atoms with Crippen molar-refractivity contribution in [2.24, 2.45) is 11.8 Å². The number of hydrogen-bond donors (Lipinski definition) is 1. The van der Waals surface area contributed by atoms with E-state index in [1.807, 2.05) is 6.92 Å². The summed E-state index contributed by atoms with van der Waals surface area (Å²) in [5.41, 5.74) is 1.26. The molecule has 20 heavy (non-hydrogen) atoms. The number of allylic oxidation sites excluding steroid dienone is 3. The maximum absolute atomic E-state index is 10.7. The van der Waals surface area contributed by atoms with E-state index in [0.29, 0.717) is 27.9 Å². The van der Waals surface area contributed by atoms with Gasteiger partial charge >= 0.3 is 0 Å². The smallest absolute Gasteiger partial charge is 0.147 e. The molecule has 3 nitrogen and oxygen atoms in total. The monoisotopic (exact) mass is 298 g/mol. The predicted octanol–water partition coefficient (Wildman–Crippen LogP) is 4.32. The Morgan fingerprint density at radius 2 is 1.95 bits per heavy atom. The summed E-state index contributed by atoms with van der Waals surface area (Å²) in [6.45, 7) is 4.11. The molecule has 0 amide bonds. The summed E-state index contributed by atoms with van der Waals surface area (Å²) >= 11 is 5.86. The van der Waals surface area contributed by atoms with E-state index < -0.39 is 0 Å². The summed E-state index contributed by atoms with van der Waals surface area (Å²) in [6.07, 6.45) is 7.42. The van der Waals surface area contributed by atoms with Gasteiger partial charge in [-0.25, -0.2) is 0 Å². The Kier molecular flexibility index (Phi) is 7.00. The quantitative estimate of drug-likeness (QED) is 0.579. The van der Waals surface area contributed by atoms with E-state index in [1.54, 1.807) is 0 Å². The molecule has 2 rings (SSSR count). The number of aldehydes is 1. The lowest BCUT2D eigenvalue weighted by atomic mass is 9.87. The summed E-state index contributed by atoms with van der Waals surface area (Å²) in [6, 6.07) is 0. The summed E-state index contributed by atoms with van der Waals surface area (Å²) in [5, 5.41) is 9.19. The van der Waals surface area contributed by atoms with Crippen LogP contribution in [0.5, 0.6) is 0 Å². The summed E-state index contributed by atoms with van der Waals surface area (Å²) in [4.78, 5) is 21.3. The lowest BCUT2D eigenvalue weighted by Gasteiger charge is -2.20. The Morgan fingerprint density at radius 3 is 2.40 bits per heavy atom. The second kappa shape index (κ2) is 8.25. The molecule has 112 valence electrons. The van der Waals surface area contributed by atoms with Crippen molar-refractivity contribution < 1.29 is 14.7 Å². The van der Waals surface area contributed by atoms with Crippen LogP contribution in [0.15, 0.2) is 22.4 Å². The van der Waals surface area contributed by atoms with Crippen molar-refractivity contribution in [3.05, 3.63) is 22.4 Å². The van der Waals surface area contributed by atoms with Crippen molar-refractivity contribution in [2.45, 2.75) is 52.4 Å². The predicted molar refractivity (Wildman–Crippen MR) is 80.7 cm³/mol. The number of aliphatic hydroxyl groups is 1. The van der Waals surface area contributed by atoms with Crippen molar-refractivity contribution in [1.29, 1.82) is 0 Å².